The van der Waals surface area contributed by atoms with Crippen LogP contribution in [0.1, 0.15) is 53.5 Å². The lowest BCUT2D eigenvalue weighted by Gasteiger charge is -2.14. The van der Waals surface area contributed by atoms with Crippen LogP contribution in [0.4, 0.5) is 0 Å². The SMILES string of the molecule is CCCc1sc2c(c1C(C)CNC)CCC2. The van der Waals surface area contributed by atoms with E-state index in [4.69, 9.17) is 0 Å². The van der Waals surface area contributed by atoms with Gasteiger partial charge in [0.25, 0.3) is 0 Å². The van der Waals surface area contributed by atoms with Gasteiger partial charge in [0, 0.05) is 16.3 Å². The van der Waals surface area contributed by atoms with Gasteiger partial charge >= 0.3 is 0 Å². The molecule has 1 nitrogen and oxygen atoms in total. The van der Waals surface area contributed by atoms with Gasteiger partial charge in [-0.3, -0.25) is 0 Å². The maximum Gasteiger partial charge on any atom is 0.00861 e. The Labute approximate surface area is 103 Å². The van der Waals surface area contributed by atoms with E-state index in [1.807, 2.05) is 0 Å². The van der Waals surface area contributed by atoms with Crippen LogP contribution in [0.5, 0.6) is 0 Å². The van der Waals surface area contributed by atoms with Gasteiger partial charge in [-0.1, -0.05) is 20.3 Å². The topological polar surface area (TPSA) is 12.0 Å². The summed E-state index contributed by atoms with van der Waals surface area (Å²) in [6.45, 7) is 5.77. The summed E-state index contributed by atoms with van der Waals surface area (Å²) in [5.74, 6) is 0.685. The van der Waals surface area contributed by atoms with Crippen molar-refractivity contribution in [2.24, 2.45) is 0 Å². The molecule has 0 amide bonds. The number of nitrogens with one attached hydrogen (secondary N) is 1. The molecule has 0 spiro atoms. The number of fused-ring (bicyclic) bond motifs is 1. The summed E-state index contributed by atoms with van der Waals surface area (Å²) < 4.78 is 0. The Kier molecular flexibility index (Phi) is 4.04. The zero-order valence-corrected chi connectivity index (χ0v) is 11.5. The van der Waals surface area contributed by atoms with Crippen molar-refractivity contribution in [3.05, 3.63) is 20.9 Å². The van der Waals surface area contributed by atoms with Crippen LogP contribution in [-0.2, 0) is 19.3 Å². The molecule has 0 radical (unpaired) electrons. The van der Waals surface area contributed by atoms with Gasteiger partial charge in [-0.2, -0.15) is 0 Å². The molecule has 0 fully saturated rings. The molecule has 0 aromatic carbocycles. The maximum absolute atomic E-state index is 3.32. The van der Waals surface area contributed by atoms with E-state index in [0.717, 1.165) is 6.54 Å². The van der Waals surface area contributed by atoms with Gasteiger partial charge < -0.3 is 5.32 Å². The van der Waals surface area contributed by atoms with Gasteiger partial charge in [0.1, 0.15) is 0 Å². The summed E-state index contributed by atoms with van der Waals surface area (Å²) in [6, 6.07) is 0. The molecule has 1 unspecified atom stereocenters. The van der Waals surface area contributed by atoms with Crippen molar-refractivity contribution in [1.82, 2.24) is 5.32 Å². The molecular weight excluding hydrogens is 214 g/mol. The van der Waals surface area contributed by atoms with E-state index in [1.165, 1.54) is 32.1 Å². The number of thiophene rings is 1. The van der Waals surface area contributed by atoms with Crippen LogP contribution in [0.3, 0.4) is 0 Å². The number of aryl methyl sites for hydroxylation is 2. The second-order valence-electron chi connectivity index (χ2n) is 4.90. The lowest BCUT2D eigenvalue weighted by atomic mass is 9.94. The van der Waals surface area contributed by atoms with Crippen molar-refractivity contribution in [1.29, 1.82) is 0 Å². The molecule has 0 bridgehead atoms. The minimum Gasteiger partial charge on any atom is -0.319 e. The highest BCUT2D eigenvalue weighted by atomic mass is 32.1. The number of hydrogen-bond acceptors (Lipinski definition) is 2. The van der Waals surface area contributed by atoms with Gasteiger partial charge in [0.2, 0.25) is 0 Å². The molecule has 1 aliphatic carbocycles. The largest absolute Gasteiger partial charge is 0.319 e. The van der Waals surface area contributed by atoms with Crippen LogP contribution in [0.2, 0.25) is 0 Å². The monoisotopic (exact) mass is 237 g/mol. The first-order chi connectivity index (χ1) is 7.77. The first-order valence-electron chi connectivity index (χ1n) is 6.55. The number of likely N-dealkylation sites (N-methyl/N-ethyl adjacent to an activating group) is 1. The Morgan fingerprint density at radius 3 is 2.88 bits per heavy atom. The molecule has 1 aliphatic rings. The molecule has 1 heterocycles. The first kappa shape index (κ1) is 12.1. The van der Waals surface area contributed by atoms with Crippen LogP contribution in [0, 0.1) is 0 Å². The van der Waals surface area contributed by atoms with E-state index in [9.17, 15) is 0 Å². The quantitative estimate of drug-likeness (QED) is 0.826. The normalized spacial score (nSPS) is 16.4. The Balaban J connectivity index is 2.31. The summed E-state index contributed by atoms with van der Waals surface area (Å²) in [6.07, 6.45) is 6.61. The third-order valence-electron chi connectivity index (χ3n) is 3.52. The fourth-order valence-electron chi connectivity index (χ4n) is 2.88. The molecule has 0 saturated heterocycles. The minimum absolute atomic E-state index is 0.685. The molecule has 1 aromatic rings. The van der Waals surface area contributed by atoms with E-state index < -0.39 is 0 Å². The van der Waals surface area contributed by atoms with Gasteiger partial charge in [0.05, 0.1) is 0 Å². The van der Waals surface area contributed by atoms with Crippen molar-refractivity contribution in [3.63, 3.8) is 0 Å². The van der Waals surface area contributed by atoms with Crippen LogP contribution < -0.4 is 5.32 Å². The van der Waals surface area contributed by atoms with Crippen molar-refractivity contribution >= 4 is 11.3 Å². The average molecular weight is 237 g/mol. The zero-order valence-electron chi connectivity index (χ0n) is 10.7. The van der Waals surface area contributed by atoms with E-state index >= 15 is 0 Å². The van der Waals surface area contributed by atoms with E-state index in [-0.39, 0.29) is 0 Å². The van der Waals surface area contributed by atoms with E-state index in [0.29, 0.717) is 5.92 Å². The Morgan fingerprint density at radius 2 is 2.19 bits per heavy atom. The fourth-order valence-corrected chi connectivity index (χ4v) is 4.50. The Bertz CT molecular complexity index is 354. The number of hydrogen-bond donors (Lipinski definition) is 1. The molecular formula is C14H23NS. The second kappa shape index (κ2) is 5.33. The fraction of sp³-hybridized carbons (Fsp3) is 0.714. The molecule has 2 heteroatoms. The highest BCUT2D eigenvalue weighted by Crippen LogP contribution is 2.39. The van der Waals surface area contributed by atoms with Crippen molar-refractivity contribution in [3.8, 4) is 0 Å². The highest BCUT2D eigenvalue weighted by molar-refractivity contribution is 7.12. The van der Waals surface area contributed by atoms with Crippen LogP contribution in [-0.4, -0.2) is 13.6 Å². The summed E-state index contributed by atoms with van der Waals surface area (Å²) in [4.78, 5) is 3.37. The lowest BCUT2D eigenvalue weighted by Crippen LogP contribution is -2.16. The van der Waals surface area contributed by atoms with Gasteiger partial charge in [0.15, 0.2) is 0 Å². The summed E-state index contributed by atoms with van der Waals surface area (Å²) in [7, 11) is 2.06. The van der Waals surface area contributed by atoms with Crippen molar-refractivity contribution in [2.45, 2.75) is 51.9 Å². The predicted molar refractivity (Wildman–Crippen MR) is 72.7 cm³/mol. The summed E-state index contributed by atoms with van der Waals surface area (Å²) in [5, 5.41) is 3.32. The van der Waals surface area contributed by atoms with Crippen LogP contribution in [0.15, 0.2) is 0 Å². The molecule has 2 rings (SSSR count). The lowest BCUT2D eigenvalue weighted by molar-refractivity contribution is 0.667. The van der Waals surface area contributed by atoms with Gasteiger partial charge in [-0.15, -0.1) is 11.3 Å². The minimum atomic E-state index is 0.685. The molecule has 16 heavy (non-hydrogen) atoms. The third kappa shape index (κ3) is 2.18. The smallest absolute Gasteiger partial charge is 0.00861 e. The zero-order chi connectivity index (χ0) is 11.5. The Morgan fingerprint density at radius 1 is 1.38 bits per heavy atom. The second-order valence-corrected chi connectivity index (χ2v) is 6.09. The molecule has 0 aliphatic heterocycles. The predicted octanol–water partition coefficient (Wildman–Crippen LogP) is 3.51. The van der Waals surface area contributed by atoms with Crippen molar-refractivity contribution in [2.75, 3.05) is 13.6 Å². The highest BCUT2D eigenvalue weighted by Gasteiger charge is 2.24. The van der Waals surface area contributed by atoms with E-state index in [1.54, 1.807) is 20.9 Å². The maximum atomic E-state index is 3.32. The standard InChI is InChI=1S/C14H23NS/c1-4-6-13-14(10(2)9-15-3)11-7-5-8-12(11)16-13/h10,15H,4-9H2,1-3H3. The van der Waals surface area contributed by atoms with Crippen molar-refractivity contribution < 1.29 is 0 Å². The third-order valence-corrected chi connectivity index (χ3v) is 4.89. The Hall–Kier alpha value is -0.340. The molecule has 1 atom stereocenters. The molecule has 0 saturated carbocycles. The average Bonchev–Trinajstić information content (AvgIpc) is 2.77. The first-order valence-corrected chi connectivity index (χ1v) is 7.37. The van der Waals surface area contributed by atoms with Crippen LogP contribution in [0.25, 0.3) is 0 Å². The summed E-state index contributed by atoms with van der Waals surface area (Å²) >= 11 is 2.10. The van der Waals surface area contributed by atoms with Gasteiger partial charge in [-0.05, 0) is 49.8 Å². The van der Waals surface area contributed by atoms with Crippen LogP contribution >= 0.6 is 11.3 Å². The number of rotatable bonds is 5. The molecule has 90 valence electrons. The van der Waals surface area contributed by atoms with Gasteiger partial charge in [-0.25, -0.2) is 0 Å². The molecule has 1 N–H and O–H groups in total. The summed E-state index contributed by atoms with van der Waals surface area (Å²) in [5.41, 5.74) is 3.42. The molecule has 1 aromatic heterocycles. The van der Waals surface area contributed by atoms with E-state index in [2.05, 4.69) is 37.5 Å².